The molecule has 0 saturated heterocycles. The Morgan fingerprint density at radius 3 is 2.29 bits per heavy atom. The fraction of sp³-hybridized carbons (Fsp3) is 0.133. The van der Waals surface area contributed by atoms with E-state index in [0.29, 0.717) is 11.3 Å². The average Bonchev–Trinajstić information content (AvgIpc) is 2.45. The summed E-state index contributed by atoms with van der Waals surface area (Å²) in [6, 6.07) is 11.7. The second kappa shape index (κ2) is 4.80. The number of hydrogen-bond acceptors (Lipinski definition) is 2. The van der Waals surface area contributed by atoms with E-state index in [-0.39, 0.29) is 5.56 Å². The summed E-state index contributed by atoms with van der Waals surface area (Å²) in [7, 11) is 0. The van der Waals surface area contributed by atoms with Gasteiger partial charge >= 0.3 is 12.3 Å². The highest BCUT2D eigenvalue weighted by Gasteiger charge is 2.38. The highest BCUT2D eigenvalue weighted by atomic mass is 19.4. The molecule has 1 unspecified atom stereocenters. The number of para-hydroxylation sites is 1. The minimum atomic E-state index is -4.51. The molecule has 0 aromatic heterocycles. The molecule has 0 saturated carbocycles. The normalized spacial score (nSPS) is 17.7. The molecule has 0 aliphatic carbocycles. The van der Waals surface area contributed by atoms with Gasteiger partial charge in [0.15, 0.2) is 6.10 Å². The maximum atomic E-state index is 13.1. The summed E-state index contributed by atoms with van der Waals surface area (Å²) in [6.07, 6.45) is -6.36. The molecule has 3 rings (SSSR count). The molecule has 0 radical (unpaired) electrons. The van der Waals surface area contributed by atoms with E-state index in [9.17, 15) is 18.0 Å². The van der Waals surface area contributed by atoms with E-state index in [0.717, 1.165) is 6.07 Å². The highest BCUT2D eigenvalue weighted by molar-refractivity contribution is 5.88. The summed E-state index contributed by atoms with van der Waals surface area (Å²) >= 11 is 0. The van der Waals surface area contributed by atoms with E-state index in [4.69, 9.17) is 4.74 Å². The van der Waals surface area contributed by atoms with Crippen LogP contribution in [0.4, 0.5) is 23.7 Å². The van der Waals surface area contributed by atoms with Crippen molar-refractivity contribution in [1.29, 1.82) is 0 Å². The van der Waals surface area contributed by atoms with Gasteiger partial charge in [-0.3, -0.25) is 5.32 Å². The number of halogens is 3. The molecule has 1 heterocycles. The van der Waals surface area contributed by atoms with Crippen molar-refractivity contribution in [3.8, 4) is 0 Å². The Balaban J connectivity index is 2.16. The van der Waals surface area contributed by atoms with Crippen molar-refractivity contribution < 1.29 is 22.7 Å². The Bertz CT molecular complexity index is 697. The van der Waals surface area contributed by atoms with Crippen molar-refractivity contribution in [2.45, 2.75) is 12.3 Å². The number of carbonyl (C=O) groups excluding carboxylic acids is 1. The third kappa shape index (κ3) is 2.44. The van der Waals surface area contributed by atoms with E-state index in [1.165, 1.54) is 18.2 Å². The van der Waals surface area contributed by atoms with Crippen molar-refractivity contribution in [2.24, 2.45) is 0 Å². The van der Waals surface area contributed by atoms with Crippen LogP contribution in [-0.4, -0.2) is 6.09 Å². The lowest BCUT2D eigenvalue weighted by Crippen LogP contribution is -2.26. The van der Waals surface area contributed by atoms with Gasteiger partial charge in [0, 0.05) is 11.1 Å². The highest BCUT2D eigenvalue weighted by Crippen LogP contribution is 2.41. The summed E-state index contributed by atoms with van der Waals surface area (Å²) in [5.41, 5.74) is 0.0660. The van der Waals surface area contributed by atoms with Crippen LogP contribution in [0.3, 0.4) is 0 Å². The Labute approximate surface area is 118 Å². The first kappa shape index (κ1) is 13.5. The molecular weight excluding hydrogens is 283 g/mol. The number of amides is 1. The molecule has 3 nitrogen and oxygen atoms in total. The van der Waals surface area contributed by atoms with Crippen molar-refractivity contribution in [1.82, 2.24) is 0 Å². The summed E-state index contributed by atoms with van der Waals surface area (Å²) in [6.45, 7) is 0. The maximum Gasteiger partial charge on any atom is 0.416 e. The third-order valence-electron chi connectivity index (χ3n) is 3.25. The predicted octanol–water partition coefficient (Wildman–Crippen LogP) is 4.36. The summed E-state index contributed by atoms with van der Waals surface area (Å²) in [5, 5.41) is 2.48. The quantitative estimate of drug-likeness (QED) is 0.848. The first-order valence-corrected chi connectivity index (χ1v) is 6.19. The Morgan fingerprint density at radius 1 is 0.952 bits per heavy atom. The first-order valence-electron chi connectivity index (χ1n) is 6.19. The van der Waals surface area contributed by atoms with E-state index < -0.39 is 23.9 Å². The SMILES string of the molecule is O=C1Nc2ccccc2C(c2ccccc2C(F)(F)F)O1. The standard InChI is InChI=1S/C15H10F3NO2/c16-15(17,18)11-7-3-1-5-9(11)13-10-6-2-4-8-12(10)19-14(20)21-13/h1-8,13H,(H,19,20). The zero-order valence-corrected chi connectivity index (χ0v) is 10.6. The van der Waals surface area contributed by atoms with Gasteiger partial charge in [-0.1, -0.05) is 36.4 Å². The van der Waals surface area contributed by atoms with E-state index in [2.05, 4.69) is 5.32 Å². The van der Waals surface area contributed by atoms with Gasteiger partial charge in [-0.05, 0) is 12.1 Å². The molecule has 108 valence electrons. The molecule has 0 bridgehead atoms. The number of rotatable bonds is 1. The molecular formula is C15H10F3NO2. The zero-order valence-electron chi connectivity index (χ0n) is 10.6. The number of cyclic esters (lactones) is 1. The van der Waals surface area contributed by atoms with E-state index in [1.54, 1.807) is 24.3 Å². The van der Waals surface area contributed by atoms with Gasteiger partial charge in [0.1, 0.15) is 0 Å². The fourth-order valence-corrected chi connectivity index (χ4v) is 2.36. The van der Waals surface area contributed by atoms with Gasteiger partial charge in [0.05, 0.1) is 11.3 Å². The second-order valence-corrected chi connectivity index (χ2v) is 4.58. The number of carbonyl (C=O) groups is 1. The number of hydrogen-bond donors (Lipinski definition) is 1. The Morgan fingerprint density at radius 2 is 1.57 bits per heavy atom. The van der Waals surface area contributed by atoms with Crippen LogP contribution in [0.25, 0.3) is 0 Å². The molecule has 1 aliphatic heterocycles. The average molecular weight is 293 g/mol. The van der Waals surface area contributed by atoms with Crippen LogP contribution in [0.2, 0.25) is 0 Å². The van der Waals surface area contributed by atoms with Crippen LogP contribution in [-0.2, 0) is 10.9 Å². The summed E-state index contributed by atoms with van der Waals surface area (Å²) < 4.78 is 44.4. The minimum absolute atomic E-state index is 0.0766. The largest absolute Gasteiger partial charge is 0.436 e. The number of fused-ring (bicyclic) bond motifs is 1. The lowest BCUT2D eigenvalue weighted by molar-refractivity contribution is -0.139. The molecule has 6 heteroatoms. The van der Waals surface area contributed by atoms with Gasteiger partial charge in [-0.15, -0.1) is 0 Å². The molecule has 1 N–H and O–H groups in total. The second-order valence-electron chi connectivity index (χ2n) is 4.58. The van der Waals surface area contributed by atoms with Crippen LogP contribution in [0, 0.1) is 0 Å². The van der Waals surface area contributed by atoms with Crippen molar-refractivity contribution >= 4 is 11.8 Å². The van der Waals surface area contributed by atoms with Crippen molar-refractivity contribution in [2.75, 3.05) is 5.32 Å². The maximum absolute atomic E-state index is 13.1. The molecule has 1 aliphatic rings. The topological polar surface area (TPSA) is 38.3 Å². The van der Waals surface area contributed by atoms with Gasteiger partial charge in [0.25, 0.3) is 0 Å². The number of benzene rings is 2. The van der Waals surface area contributed by atoms with Crippen LogP contribution >= 0.6 is 0 Å². The fourth-order valence-electron chi connectivity index (χ4n) is 2.36. The van der Waals surface area contributed by atoms with Gasteiger partial charge in [0.2, 0.25) is 0 Å². The van der Waals surface area contributed by atoms with Crippen LogP contribution in [0.15, 0.2) is 48.5 Å². The minimum Gasteiger partial charge on any atom is -0.436 e. The number of ether oxygens (including phenoxy) is 1. The number of alkyl halides is 3. The van der Waals surface area contributed by atoms with Crippen LogP contribution < -0.4 is 5.32 Å². The van der Waals surface area contributed by atoms with Crippen molar-refractivity contribution in [3.05, 3.63) is 65.2 Å². The molecule has 0 fully saturated rings. The van der Waals surface area contributed by atoms with Crippen molar-refractivity contribution in [3.63, 3.8) is 0 Å². The van der Waals surface area contributed by atoms with Gasteiger partial charge < -0.3 is 4.74 Å². The monoisotopic (exact) mass is 293 g/mol. The lowest BCUT2D eigenvalue weighted by atomic mass is 9.94. The molecule has 0 spiro atoms. The summed E-state index contributed by atoms with van der Waals surface area (Å²) in [4.78, 5) is 11.6. The van der Waals surface area contributed by atoms with Gasteiger partial charge in [-0.25, -0.2) is 4.79 Å². The van der Waals surface area contributed by atoms with Gasteiger partial charge in [-0.2, -0.15) is 13.2 Å². The van der Waals surface area contributed by atoms with E-state index >= 15 is 0 Å². The molecule has 2 aromatic rings. The predicted molar refractivity (Wildman–Crippen MR) is 69.8 cm³/mol. The number of nitrogens with one attached hydrogen (secondary N) is 1. The van der Waals surface area contributed by atoms with Crippen LogP contribution in [0.1, 0.15) is 22.8 Å². The Kier molecular flexibility index (Phi) is 3.08. The lowest BCUT2D eigenvalue weighted by Gasteiger charge is -2.28. The summed E-state index contributed by atoms with van der Waals surface area (Å²) in [5.74, 6) is 0. The van der Waals surface area contributed by atoms with E-state index in [1.807, 2.05) is 0 Å². The zero-order chi connectivity index (χ0) is 15.0. The van der Waals surface area contributed by atoms with Crippen LogP contribution in [0.5, 0.6) is 0 Å². The number of anilines is 1. The molecule has 1 amide bonds. The molecule has 1 atom stereocenters. The molecule has 21 heavy (non-hydrogen) atoms. The smallest absolute Gasteiger partial charge is 0.416 e. The third-order valence-corrected chi connectivity index (χ3v) is 3.25. The first-order chi connectivity index (χ1) is 9.97. The molecule has 2 aromatic carbocycles. The Hall–Kier alpha value is -2.50.